The topological polar surface area (TPSA) is 37.9 Å². The van der Waals surface area contributed by atoms with Gasteiger partial charge in [0.25, 0.3) is 0 Å². The number of nitrogens with zero attached hydrogens (tertiary/aromatic N) is 1. The number of ether oxygens (including phenoxy) is 1. The zero-order chi connectivity index (χ0) is 16.7. The molecule has 1 N–H and O–H groups in total. The maximum Gasteiger partial charge on any atom is 0.122 e. The molecule has 0 saturated heterocycles. The minimum Gasteiger partial charge on any atom is -0.493 e. The highest BCUT2D eigenvalue weighted by atomic mass is 16.5. The van der Waals surface area contributed by atoms with Crippen LogP contribution in [0, 0.1) is 5.92 Å². The molecule has 1 aromatic heterocycles. The van der Waals surface area contributed by atoms with Crippen LogP contribution >= 0.6 is 0 Å². The van der Waals surface area contributed by atoms with E-state index in [1.165, 1.54) is 11.1 Å². The molecular formula is C21H24N2O. The number of hydrogen-bond donors (Lipinski definition) is 1. The molecule has 3 heteroatoms. The van der Waals surface area contributed by atoms with Crippen LogP contribution in [0.3, 0.4) is 0 Å². The molecule has 3 aromatic rings. The summed E-state index contributed by atoms with van der Waals surface area (Å²) in [5.74, 6) is 2.57. The van der Waals surface area contributed by atoms with E-state index in [1.54, 1.807) is 0 Å². The van der Waals surface area contributed by atoms with Crippen LogP contribution in [0.4, 0.5) is 0 Å². The minimum atomic E-state index is 0.167. The van der Waals surface area contributed by atoms with Gasteiger partial charge in [-0.1, -0.05) is 45.0 Å². The van der Waals surface area contributed by atoms with Crippen molar-refractivity contribution in [3.63, 3.8) is 0 Å². The molecule has 124 valence electrons. The average Bonchev–Trinajstić information content (AvgIpc) is 2.95. The first-order valence-corrected chi connectivity index (χ1v) is 8.69. The fourth-order valence-corrected chi connectivity index (χ4v) is 3.43. The number of nitrogens with one attached hydrogen (secondary N) is 1. The lowest BCUT2D eigenvalue weighted by molar-refractivity contribution is 0.219. The predicted octanol–water partition coefficient (Wildman–Crippen LogP) is 4.65. The predicted molar refractivity (Wildman–Crippen MR) is 97.6 cm³/mol. The van der Waals surface area contributed by atoms with Gasteiger partial charge < -0.3 is 9.72 Å². The van der Waals surface area contributed by atoms with Crippen molar-refractivity contribution in [2.45, 2.75) is 39.0 Å². The third-order valence-electron chi connectivity index (χ3n) is 4.83. The molecule has 0 fully saturated rings. The number of para-hydroxylation sites is 2. The quantitative estimate of drug-likeness (QED) is 0.746. The summed E-state index contributed by atoms with van der Waals surface area (Å²) in [7, 11) is 0. The Bertz CT molecular complexity index is 840. The molecule has 24 heavy (non-hydrogen) atoms. The lowest BCUT2D eigenvalue weighted by Crippen LogP contribution is -2.24. The van der Waals surface area contributed by atoms with E-state index in [9.17, 15) is 0 Å². The van der Waals surface area contributed by atoms with E-state index in [0.717, 1.165) is 42.1 Å². The molecule has 0 saturated carbocycles. The first-order valence-electron chi connectivity index (χ1n) is 8.69. The molecule has 4 rings (SSSR count). The van der Waals surface area contributed by atoms with Gasteiger partial charge in [-0.3, -0.25) is 0 Å². The van der Waals surface area contributed by atoms with Gasteiger partial charge in [0, 0.05) is 12.3 Å². The third kappa shape index (κ3) is 2.91. The lowest BCUT2D eigenvalue weighted by Gasteiger charge is -2.27. The highest BCUT2D eigenvalue weighted by molar-refractivity contribution is 5.74. The number of benzene rings is 2. The molecule has 1 atom stereocenters. The van der Waals surface area contributed by atoms with Gasteiger partial charge in [-0.25, -0.2) is 4.98 Å². The Labute approximate surface area is 143 Å². The first-order chi connectivity index (χ1) is 11.5. The number of fused-ring (bicyclic) bond motifs is 2. The molecule has 2 aromatic carbocycles. The number of rotatable bonds is 2. The third-order valence-corrected chi connectivity index (χ3v) is 4.83. The Morgan fingerprint density at radius 2 is 2.00 bits per heavy atom. The van der Waals surface area contributed by atoms with Crippen LogP contribution in [0.5, 0.6) is 5.75 Å². The fourth-order valence-electron chi connectivity index (χ4n) is 3.43. The molecule has 0 bridgehead atoms. The van der Waals surface area contributed by atoms with E-state index >= 15 is 0 Å². The second-order valence-corrected chi connectivity index (χ2v) is 7.86. The molecule has 1 unspecified atom stereocenters. The highest BCUT2D eigenvalue weighted by Crippen LogP contribution is 2.33. The molecule has 0 amide bonds. The van der Waals surface area contributed by atoms with Gasteiger partial charge in [-0.2, -0.15) is 0 Å². The molecular weight excluding hydrogens is 296 g/mol. The summed E-state index contributed by atoms with van der Waals surface area (Å²) >= 11 is 0. The zero-order valence-corrected chi connectivity index (χ0v) is 14.6. The fraction of sp³-hybridized carbons (Fsp3) is 0.381. The second kappa shape index (κ2) is 5.66. The van der Waals surface area contributed by atoms with Crippen molar-refractivity contribution in [2.75, 3.05) is 6.61 Å². The summed E-state index contributed by atoms with van der Waals surface area (Å²) in [4.78, 5) is 8.14. The largest absolute Gasteiger partial charge is 0.493 e. The van der Waals surface area contributed by atoms with Crippen LogP contribution in [0.15, 0.2) is 42.5 Å². The van der Waals surface area contributed by atoms with Gasteiger partial charge in [-0.05, 0) is 41.2 Å². The van der Waals surface area contributed by atoms with Crippen LogP contribution in [0.25, 0.3) is 11.0 Å². The number of aromatic amines is 1. The van der Waals surface area contributed by atoms with E-state index in [-0.39, 0.29) is 5.41 Å². The van der Waals surface area contributed by atoms with Gasteiger partial charge in [0.05, 0.1) is 17.6 Å². The Balaban J connectivity index is 1.55. The summed E-state index contributed by atoms with van der Waals surface area (Å²) in [5.41, 5.74) is 5.02. The smallest absolute Gasteiger partial charge is 0.122 e. The number of aromatic nitrogens is 2. The van der Waals surface area contributed by atoms with Crippen molar-refractivity contribution < 1.29 is 4.74 Å². The molecule has 0 spiro atoms. The van der Waals surface area contributed by atoms with E-state index < -0.39 is 0 Å². The van der Waals surface area contributed by atoms with Crippen molar-refractivity contribution in [1.82, 2.24) is 9.97 Å². The minimum absolute atomic E-state index is 0.167. The molecule has 1 aliphatic rings. The summed E-state index contributed by atoms with van der Waals surface area (Å²) in [6.07, 6.45) is 1.98. The molecule has 3 nitrogen and oxygen atoms in total. The van der Waals surface area contributed by atoms with Crippen molar-refractivity contribution >= 4 is 11.0 Å². The first kappa shape index (κ1) is 15.3. The maximum absolute atomic E-state index is 6.01. The SMILES string of the molecule is CC(C)(C)c1ccc2c(c1)CC(Cc1nc3ccccc3[nH]1)CO2. The van der Waals surface area contributed by atoms with E-state index in [4.69, 9.17) is 9.72 Å². The number of H-pyrrole nitrogens is 1. The van der Waals surface area contributed by atoms with Crippen LogP contribution in [-0.2, 0) is 18.3 Å². The molecule has 1 aliphatic heterocycles. The van der Waals surface area contributed by atoms with Gasteiger partial charge in [-0.15, -0.1) is 0 Å². The van der Waals surface area contributed by atoms with Crippen molar-refractivity contribution in [3.05, 3.63) is 59.4 Å². The van der Waals surface area contributed by atoms with E-state index in [0.29, 0.717) is 5.92 Å². The van der Waals surface area contributed by atoms with Crippen molar-refractivity contribution in [3.8, 4) is 5.75 Å². The second-order valence-electron chi connectivity index (χ2n) is 7.86. The number of imidazole rings is 1. The van der Waals surface area contributed by atoms with Gasteiger partial charge >= 0.3 is 0 Å². The van der Waals surface area contributed by atoms with Gasteiger partial charge in [0.2, 0.25) is 0 Å². The van der Waals surface area contributed by atoms with Crippen molar-refractivity contribution in [2.24, 2.45) is 5.92 Å². The lowest BCUT2D eigenvalue weighted by atomic mass is 9.84. The maximum atomic E-state index is 6.01. The average molecular weight is 320 g/mol. The standard InChI is InChI=1S/C21H24N2O/c1-21(2,3)16-8-9-19-15(12-16)10-14(13-24-19)11-20-22-17-6-4-5-7-18(17)23-20/h4-9,12,14H,10-11,13H2,1-3H3,(H,22,23). The van der Waals surface area contributed by atoms with Crippen LogP contribution < -0.4 is 4.74 Å². The summed E-state index contributed by atoms with van der Waals surface area (Å²) in [6, 6.07) is 14.8. The van der Waals surface area contributed by atoms with Gasteiger partial charge in [0.1, 0.15) is 11.6 Å². The van der Waals surface area contributed by atoms with Crippen LogP contribution in [0.2, 0.25) is 0 Å². The van der Waals surface area contributed by atoms with Crippen molar-refractivity contribution in [1.29, 1.82) is 0 Å². The van der Waals surface area contributed by atoms with Crippen LogP contribution in [0.1, 0.15) is 37.7 Å². The monoisotopic (exact) mass is 320 g/mol. The molecule has 0 radical (unpaired) electrons. The Kier molecular flexibility index (Phi) is 3.60. The summed E-state index contributed by atoms with van der Waals surface area (Å²) in [5, 5.41) is 0. The van der Waals surface area contributed by atoms with E-state index in [1.807, 2.05) is 12.1 Å². The Morgan fingerprint density at radius 3 is 2.79 bits per heavy atom. The Hall–Kier alpha value is -2.29. The summed E-state index contributed by atoms with van der Waals surface area (Å²) in [6.45, 7) is 7.53. The Morgan fingerprint density at radius 1 is 1.17 bits per heavy atom. The highest BCUT2D eigenvalue weighted by Gasteiger charge is 2.23. The zero-order valence-electron chi connectivity index (χ0n) is 14.6. The number of hydrogen-bond acceptors (Lipinski definition) is 2. The van der Waals surface area contributed by atoms with E-state index in [2.05, 4.69) is 56.1 Å². The summed E-state index contributed by atoms with van der Waals surface area (Å²) < 4.78 is 6.01. The molecule has 0 aliphatic carbocycles. The van der Waals surface area contributed by atoms with Gasteiger partial charge in [0.15, 0.2) is 0 Å². The normalized spacial score (nSPS) is 17.5. The molecule has 2 heterocycles. The van der Waals surface area contributed by atoms with Crippen LogP contribution in [-0.4, -0.2) is 16.6 Å².